The van der Waals surface area contributed by atoms with Gasteiger partial charge < -0.3 is 10.0 Å². The Morgan fingerprint density at radius 2 is 1.91 bits per heavy atom. The van der Waals surface area contributed by atoms with Crippen LogP contribution < -0.4 is 10.0 Å². The molecule has 32 heavy (non-hydrogen) atoms. The first-order valence-corrected chi connectivity index (χ1v) is 11.6. The van der Waals surface area contributed by atoms with E-state index < -0.39 is 4.92 Å². The number of thiophene rings is 1. The molecule has 1 amide bonds. The molecule has 0 unspecified atom stereocenters. The lowest BCUT2D eigenvalue weighted by Crippen LogP contribution is -3.10. The van der Waals surface area contributed by atoms with Crippen LogP contribution in [0.25, 0.3) is 0 Å². The van der Waals surface area contributed by atoms with E-state index in [0.29, 0.717) is 18.8 Å². The van der Waals surface area contributed by atoms with E-state index in [4.69, 9.17) is 0 Å². The molecule has 0 atom stereocenters. The highest BCUT2D eigenvalue weighted by atomic mass is 79.9. The molecule has 0 bridgehead atoms. The lowest BCUT2D eigenvalue weighted by molar-refractivity contribution is -0.837. The van der Waals surface area contributed by atoms with Gasteiger partial charge in [0.1, 0.15) is 5.69 Å². The first-order chi connectivity index (χ1) is 15.4. The van der Waals surface area contributed by atoms with Crippen molar-refractivity contribution < 1.29 is 19.7 Å². The molecule has 3 aromatic rings. The number of hydrogen-bond donors (Lipinski definition) is 1. The quantitative estimate of drug-likeness (QED) is 0.321. The monoisotopic (exact) mass is 514 g/mol. The van der Waals surface area contributed by atoms with E-state index in [-0.39, 0.29) is 27.4 Å². The third-order valence-electron chi connectivity index (χ3n) is 5.28. The lowest BCUT2D eigenvalue weighted by atomic mass is 10.2. The summed E-state index contributed by atoms with van der Waals surface area (Å²) in [7, 11) is 0. The minimum atomic E-state index is -0.549. The van der Waals surface area contributed by atoms with Crippen LogP contribution in [0.4, 0.5) is 17.1 Å². The molecule has 1 aliphatic heterocycles. The second-order valence-corrected chi connectivity index (χ2v) is 9.08. The second-order valence-electron chi connectivity index (χ2n) is 7.28. The summed E-state index contributed by atoms with van der Waals surface area (Å²) in [4.78, 5) is 31.2. The van der Waals surface area contributed by atoms with Crippen molar-refractivity contribution in [3.63, 3.8) is 0 Å². The van der Waals surface area contributed by atoms with Gasteiger partial charge in [0.25, 0.3) is 11.6 Å². The number of amides is 1. The summed E-state index contributed by atoms with van der Waals surface area (Å²) in [6.45, 7) is 3.03. The van der Waals surface area contributed by atoms with Gasteiger partial charge in [0.2, 0.25) is 0 Å². The number of hydrogen-bond acceptors (Lipinski definition) is 6. The molecule has 1 aliphatic rings. The van der Waals surface area contributed by atoms with Crippen molar-refractivity contribution >= 4 is 56.5 Å². The number of piperazine rings is 1. The molecule has 2 aromatic carbocycles. The summed E-state index contributed by atoms with van der Waals surface area (Å²) in [5, 5.41) is 25.1. The average Bonchev–Trinajstić information content (AvgIpc) is 3.35. The van der Waals surface area contributed by atoms with E-state index in [1.165, 1.54) is 34.6 Å². The number of halogens is 1. The van der Waals surface area contributed by atoms with Crippen molar-refractivity contribution in [1.29, 1.82) is 0 Å². The van der Waals surface area contributed by atoms with E-state index in [1.54, 1.807) is 0 Å². The van der Waals surface area contributed by atoms with Crippen LogP contribution in [0.3, 0.4) is 0 Å². The van der Waals surface area contributed by atoms with E-state index in [0.717, 1.165) is 23.7 Å². The van der Waals surface area contributed by atoms with Crippen LogP contribution in [-0.2, 0) is 0 Å². The third-order valence-corrected chi connectivity index (χ3v) is 6.73. The Labute approximate surface area is 196 Å². The zero-order valence-corrected chi connectivity index (χ0v) is 19.3. The average molecular weight is 515 g/mol. The van der Waals surface area contributed by atoms with Crippen LogP contribution in [-0.4, -0.2) is 48.1 Å². The molecule has 1 saturated heterocycles. The molecule has 0 spiro atoms. The highest BCUT2D eigenvalue weighted by molar-refractivity contribution is 9.10. The first kappa shape index (κ1) is 22.1. The number of carbonyl (C=O) groups excluding carboxylic acids is 1. The number of carbonyl (C=O) groups is 1. The van der Waals surface area contributed by atoms with E-state index in [1.807, 2.05) is 46.7 Å². The van der Waals surface area contributed by atoms with Crippen molar-refractivity contribution in [2.45, 2.75) is 0 Å². The Morgan fingerprint density at radius 1 is 1.19 bits per heavy atom. The van der Waals surface area contributed by atoms with Gasteiger partial charge >= 0.3 is 0 Å². The SMILES string of the molecule is O=C(c1cccs1)N1CC[NH+](c2ccc(N=Cc3cc([N+](=O)[O-])cc(Br)c3[O-])cc2)CC1. The number of benzene rings is 2. The van der Waals surface area contributed by atoms with E-state index >= 15 is 0 Å². The number of quaternary nitrogens is 1. The summed E-state index contributed by atoms with van der Waals surface area (Å²) in [5.41, 5.74) is 1.72. The maximum atomic E-state index is 12.5. The highest BCUT2D eigenvalue weighted by Gasteiger charge is 2.26. The van der Waals surface area contributed by atoms with E-state index in [9.17, 15) is 20.0 Å². The standard InChI is InChI=1S/C22H19BrN4O4S/c23-19-13-18(27(30)31)12-15(21(19)28)14-24-16-3-5-17(6-4-16)25-7-9-26(10-8-25)22(29)20-2-1-11-32-20/h1-6,11-14,28H,7-10H2. The van der Waals surface area contributed by atoms with Crippen molar-refractivity contribution in [1.82, 2.24) is 4.90 Å². The number of nitro groups is 1. The van der Waals surface area contributed by atoms with Gasteiger partial charge in [0.15, 0.2) is 0 Å². The number of nitrogens with one attached hydrogen (secondary N) is 1. The fourth-order valence-electron chi connectivity index (χ4n) is 3.55. The molecule has 10 heteroatoms. The summed E-state index contributed by atoms with van der Waals surface area (Å²) >= 11 is 4.53. The van der Waals surface area contributed by atoms with Crippen LogP contribution in [0, 0.1) is 10.1 Å². The Bertz CT molecular complexity index is 1160. The summed E-state index contributed by atoms with van der Waals surface area (Å²) < 4.78 is 0.129. The number of nitrogens with zero attached hydrogens (tertiary/aromatic N) is 3. The molecule has 0 saturated carbocycles. The summed E-state index contributed by atoms with van der Waals surface area (Å²) in [5.74, 6) is -0.260. The topological polar surface area (TPSA) is 103 Å². The first-order valence-electron chi connectivity index (χ1n) is 9.89. The number of non-ortho nitro benzene ring substituents is 1. The highest BCUT2D eigenvalue weighted by Crippen LogP contribution is 2.30. The maximum Gasteiger partial charge on any atom is 0.271 e. The molecule has 4 rings (SSSR count). The molecule has 1 aromatic heterocycles. The normalized spacial score (nSPS) is 14.7. The van der Waals surface area contributed by atoms with E-state index in [2.05, 4.69) is 20.9 Å². The van der Waals surface area contributed by atoms with Crippen LogP contribution in [0.2, 0.25) is 0 Å². The fourth-order valence-corrected chi connectivity index (χ4v) is 4.71. The van der Waals surface area contributed by atoms with Crippen LogP contribution in [0.15, 0.2) is 63.4 Å². The van der Waals surface area contributed by atoms with Gasteiger partial charge in [0, 0.05) is 35.0 Å². The minimum absolute atomic E-state index is 0.0919. The minimum Gasteiger partial charge on any atom is -0.871 e. The van der Waals surface area contributed by atoms with Gasteiger partial charge in [-0.3, -0.25) is 24.8 Å². The summed E-state index contributed by atoms with van der Waals surface area (Å²) in [6, 6.07) is 13.8. The maximum absolute atomic E-state index is 12.5. The third kappa shape index (κ3) is 4.87. The molecule has 8 nitrogen and oxygen atoms in total. The summed E-state index contributed by atoms with van der Waals surface area (Å²) in [6.07, 6.45) is 1.34. The molecule has 0 radical (unpaired) electrons. The van der Waals surface area contributed by atoms with Crippen molar-refractivity contribution in [3.8, 4) is 5.75 Å². The number of nitro benzene ring substituents is 1. The Kier molecular flexibility index (Phi) is 6.63. The van der Waals surface area contributed by atoms with Crippen LogP contribution in [0.5, 0.6) is 5.75 Å². The number of rotatable bonds is 5. The largest absolute Gasteiger partial charge is 0.871 e. The van der Waals surface area contributed by atoms with Crippen LogP contribution >= 0.6 is 27.3 Å². The molecule has 1 fully saturated rings. The smallest absolute Gasteiger partial charge is 0.271 e. The predicted molar refractivity (Wildman–Crippen MR) is 125 cm³/mol. The molecular formula is C22H19BrN4O4S. The Morgan fingerprint density at radius 3 is 2.53 bits per heavy atom. The van der Waals surface area contributed by atoms with Crippen LogP contribution in [0.1, 0.15) is 15.2 Å². The predicted octanol–water partition coefficient (Wildman–Crippen LogP) is 2.92. The van der Waals surface area contributed by atoms with Crippen molar-refractivity contribution in [2.24, 2.45) is 4.99 Å². The molecule has 2 heterocycles. The molecule has 164 valence electrons. The number of aliphatic imine (C=N–C) groups is 1. The van der Waals surface area contributed by atoms with Gasteiger partial charge in [0.05, 0.1) is 41.7 Å². The fraction of sp³-hybridized carbons (Fsp3) is 0.182. The van der Waals surface area contributed by atoms with Crippen molar-refractivity contribution in [2.75, 3.05) is 26.2 Å². The zero-order valence-electron chi connectivity index (χ0n) is 16.9. The zero-order chi connectivity index (χ0) is 22.7. The van der Waals surface area contributed by atoms with Gasteiger partial charge in [-0.25, -0.2) is 0 Å². The van der Waals surface area contributed by atoms with Crippen molar-refractivity contribution in [3.05, 3.63) is 78.9 Å². The lowest BCUT2D eigenvalue weighted by Gasteiger charge is -2.31. The molecule has 1 N–H and O–H groups in total. The Balaban J connectivity index is 1.40. The van der Waals surface area contributed by atoms with Gasteiger partial charge in [-0.2, -0.15) is 0 Å². The molecule has 0 aliphatic carbocycles. The van der Waals surface area contributed by atoms with Gasteiger partial charge in [-0.15, -0.1) is 11.3 Å². The Hall–Kier alpha value is -3.08. The second kappa shape index (κ2) is 9.60. The van der Waals surface area contributed by atoms with Gasteiger partial charge in [-0.1, -0.05) is 27.7 Å². The van der Waals surface area contributed by atoms with Gasteiger partial charge in [-0.05, 0) is 29.1 Å². The molecular weight excluding hydrogens is 496 g/mol.